The fraction of sp³-hybridized carbons (Fsp3) is 0.667. The number of thiophene rings is 1. The van der Waals surface area contributed by atoms with Gasteiger partial charge in [-0.1, -0.05) is 13.8 Å². The van der Waals surface area contributed by atoms with Gasteiger partial charge in [0, 0.05) is 18.0 Å². The van der Waals surface area contributed by atoms with Crippen molar-refractivity contribution in [3.05, 3.63) is 14.7 Å². The van der Waals surface area contributed by atoms with Gasteiger partial charge < -0.3 is 0 Å². The molecule has 0 aromatic carbocycles. The normalized spacial score (nSPS) is 21.1. The zero-order valence-electron chi connectivity index (χ0n) is 10.9. The van der Waals surface area contributed by atoms with E-state index in [1.54, 1.807) is 10.4 Å². The Kier molecular flexibility index (Phi) is 3.94. The van der Waals surface area contributed by atoms with Crippen molar-refractivity contribution < 1.29 is 8.42 Å². The lowest BCUT2D eigenvalue weighted by Crippen LogP contribution is -2.43. The zero-order chi connectivity index (χ0) is 13.6. The average molecular weight is 352 g/mol. The van der Waals surface area contributed by atoms with Crippen LogP contribution in [0.25, 0.3) is 0 Å². The highest BCUT2D eigenvalue weighted by molar-refractivity contribution is 9.11. The minimum atomic E-state index is -3.33. The molecule has 1 aromatic heterocycles. The van der Waals surface area contributed by atoms with Crippen molar-refractivity contribution in [1.82, 2.24) is 4.31 Å². The van der Waals surface area contributed by atoms with Gasteiger partial charge in [0.1, 0.15) is 0 Å². The monoisotopic (exact) mass is 351 g/mol. The molecule has 1 saturated heterocycles. The van der Waals surface area contributed by atoms with Gasteiger partial charge >= 0.3 is 0 Å². The van der Waals surface area contributed by atoms with E-state index in [2.05, 4.69) is 29.8 Å². The molecule has 1 fully saturated rings. The molecule has 1 aliphatic rings. The zero-order valence-corrected chi connectivity index (χ0v) is 14.1. The van der Waals surface area contributed by atoms with Gasteiger partial charge in [-0.25, -0.2) is 8.42 Å². The minimum absolute atomic E-state index is 0.0759. The smallest absolute Gasteiger partial charge is 0.207 e. The van der Waals surface area contributed by atoms with Gasteiger partial charge in [0.2, 0.25) is 10.0 Å². The maximum Gasteiger partial charge on any atom is 0.244 e. The van der Waals surface area contributed by atoms with E-state index in [-0.39, 0.29) is 5.41 Å². The third-order valence-electron chi connectivity index (χ3n) is 3.33. The number of piperidine rings is 1. The van der Waals surface area contributed by atoms with E-state index in [4.69, 9.17) is 0 Å². The fourth-order valence-corrected chi connectivity index (χ4v) is 6.45. The summed E-state index contributed by atoms with van der Waals surface area (Å²) in [7, 11) is -3.33. The predicted molar refractivity (Wildman–Crippen MR) is 78.5 cm³/mol. The second kappa shape index (κ2) is 4.89. The fourth-order valence-electron chi connectivity index (χ4n) is 2.40. The highest BCUT2D eigenvalue weighted by atomic mass is 79.9. The second-order valence-electron chi connectivity index (χ2n) is 5.58. The van der Waals surface area contributed by atoms with Crippen molar-refractivity contribution in [2.45, 2.75) is 38.5 Å². The van der Waals surface area contributed by atoms with Gasteiger partial charge in [0.05, 0.1) is 8.68 Å². The largest absolute Gasteiger partial charge is 0.244 e. The maximum atomic E-state index is 12.6. The van der Waals surface area contributed by atoms with Crippen LogP contribution in [0.2, 0.25) is 0 Å². The van der Waals surface area contributed by atoms with Gasteiger partial charge in [-0.15, -0.1) is 11.3 Å². The van der Waals surface area contributed by atoms with Gasteiger partial charge in [-0.3, -0.25) is 0 Å². The molecule has 0 aliphatic carbocycles. The van der Waals surface area contributed by atoms with Crippen LogP contribution in [0.1, 0.15) is 31.6 Å². The third kappa shape index (κ3) is 2.81. The first kappa shape index (κ1) is 14.5. The van der Waals surface area contributed by atoms with E-state index in [0.717, 1.165) is 21.5 Å². The molecule has 0 bridgehead atoms. The number of rotatable bonds is 2. The number of halogens is 1. The van der Waals surface area contributed by atoms with Crippen molar-refractivity contribution in [3.63, 3.8) is 0 Å². The number of sulfonamides is 1. The van der Waals surface area contributed by atoms with Crippen LogP contribution in [-0.4, -0.2) is 25.8 Å². The predicted octanol–water partition coefficient (Wildman–Crippen LogP) is 3.63. The topological polar surface area (TPSA) is 37.4 Å². The average Bonchev–Trinajstić information content (AvgIpc) is 2.57. The van der Waals surface area contributed by atoms with E-state index in [9.17, 15) is 8.42 Å². The summed E-state index contributed by atoms with van der Waals surface area (Å²) in [6, 6.07) is 1.72. The molecule has 2 heterocycles. The summed E-state index contributed by atoms with van der Waals surface area (Å²) < 4.78 is 27.7. The van der Waals surface area contributed by atoms with E-state index >= 15 is 0 Å². The van der Waals surface area contributed by atoms with E-state index in [1.165, 1.54) is 11.3 Å². The summed E-state index contributed by atoms with van der Waals surface area (Å²) in [6.07, 6.45) is 2.03. The Labute approximate surface area is 121 Å². The van der Waals surface area contributed by atoms with Gasteiger partial charge in [-0.05, 0) is 47.2 Å². The molecule has 18 heavy (non-hydrogen) atoms. The lowest BCUT2D eigenvalue weighted by Gasteiger charge is -2.37. The summed E-state index contributed by atoms with van der Waals surface area (Å²) in [5.74, 6) is 0. The highest BCUT2D eigenvalue weighted by Gasteiger charge is 2.35. The molecule has 0 N–H and O–H groups in total. The Morgan fingerprint density at radius 2 is 2.11 bits per heavy atom. The molecule has 1 aromatic rings. The standard InChI is InChI=1S/C12H18BrNO2S2/c1-9-10(7-11(13)17-9)18(15,16)14-6-4-5-12(2,3)8-14/h7H,4-6,8H2,1-3H3. The number of hydrogen-bond donors (Lipinski definition) is 0. The molecule has 0 atom stereocenters. The van der Waals surface area contributed by atoms with Gasteiger partial charge in [0.25, 0.3) is 0 Å². The summed E-state index contributed by atoms with van der Waals surface area (Å²) in [5.41, 5.74) is 0.0759. The molecule has 102 valence electrons. The van der Waals surface area contributed by atoms with E-state index in [0.29, 0.717) is 18.0 Å². The van der Waals surface area contributed by atoms with Gasteiger partial charge in [0.15, 0.2) is 0 Å². The molecule has 3 nitrogen and oxygen atoms in total. The van der Waals surface area contributed by atoms with Crippen LogP contribution in [0.15, 0.2) is 14.7 Å². The lowest BCUT2D eigenvalue weighted by atomic mass is 9.85. The Morgan fingerprint density at radius 3 is 2.61 bits per heavy atom. The Balaban J connectivity index is 2.34. The molecule has 0 unspecified atom stereocenters. The number of hydrogen-bond acceptors (Lipinski definition) is 3. The molecule has 0 amide bonds. The maximum absolute atomic E-state index is 12.6. The number of nitrogens with zero attached hydrogens (tertiary/aromatic N) is 1. The van der Waals surface area contributed by atoms with Crippen LogP contribution in [-0.2, 0) is 10.0 Å². The molecule has 1 aliphatic heterocycles. The molecule has 0 spiro atoms. The van der Waals surface area contributed by atoms with Crippen molar-refractivity contribution >= 4 is 37.3 Å². The van der Waals surface area contributed by atoms with Crippen LogP contribution in [0.5, 0.6) is 0 Å². The lowest BCUT2D eigenvalue weighted by molar-refractivity contribution is 0.187. The third-order valence-corrected chi connectivity index (χ3v) is 6.98. The summed E-state index contributed by atoms with van der Waals surface area (Å²) in [4.78, 5) is 1.31. The molecule has 0 saturated carbocycles. The molecule has 2 rings (SSSR count). The van der Waals surface area contributed by atoms with Crippen molar-refractivity contribution in [1.29, 1.82) is 0 Å². The first-order valence-corrected chi connectivity index (χ1v) is 9.03. The summed E-state index contributed by atoms with van der Waals surface area (Å²) in [5, 5.41) is 0. The second-order valence-corrected chi connectivity index (χ2v) is 10.1. The first-order valence-electron chi connectivity index (χ1n) is 5.98. The van der Waals surface area contributed by atoms with Crippen LogP contribution in [0.4, 0.5) is 0 Å². The van der Waals surface area contributed by atoms with Crippen LogP contribution in [0.3, 0.4) is 0 Å². The quantitative estimate of drug-likeness (QED) is 0.815. The van der Waals surface area contributed by atoms with Crippen molar-refractivity contribution in [2.75, 3.05) is 13.1 Å². The van der Waals surface area contributed by atoms with E-state index < -0.39 is 10.0 Å². The molecular formula is C12H18BrNO2S2. The van der Waals surface area contributed by atoms with Crippen LogP contribution < -0.4 is 0 Å². The summed E-state index contributed by atoms with van der Waals surface area (Å²) >= 11 is 4.83. The number of aryl methyl sites for hydroxylation is 1. The molecule has 6 heteroatoms. The summed E-state index contributed by atoms with van der Waals surface area (Å²) in [6.45, 7) is 7.37. The molecular weight excluding hydrogens is 334 g/mol. The van der Waals surface area contributed by atoms with Crippen molar-refractivity contribution in [3.8, 4) is 0 Å². The Bertz CT molecular complexity index is 548. The molecule has 0 radical (unpaired) electrons. The van der Waals surface area contributed by atoms with E-state index in [1.807, 2.05) is 6.92 Å². The van der Waals surface area contributed by atoms with Crippen LogP contribution >= 0.6 is 27.3 Å². The van der Waals surface area contributed by atoms with Crippen molar-refractivity contribution in [2.24, 2.45) is 5.41 Å². The van der Waals surface area contributed by atoms with Crippen LogP contribution in [0, 0.1) is 12.3 Å². The Morgan fingerprint density at radius 1 is 1.44 bits per heavy atom. The highest BCUT2D eigenvalue weighted by Crippen LogP contribution is 2.35. The first-order chi connectivity index (χ1) is 8.22. The minimum Gasteiger partial charge on any atom is -0.207 e. The Hall–Kier alpha value is 0.0900. The van der Waals surface area contributed by atoms with Gasteiger partial charge in [-0.2, -0.15) is 4.31 Å². The SMILES string of the molecule is Cc1sc(Br)cc1S(=O)(=O)N1CCCC(C)(C)C1.